The molecule has 4 heteroatoms. The van der Waals surface area contributed by atoms with Crippen LogP contribution in [0.2, 0.25) is 0 Å². The van der Waals surface area contributed by atoms with E-state index in [-0.39, 0.29) is 11.9 Å². The number of rotatable bonds is 5. The number of hydrogen-bond acceptors (Lipinski definition) is 3. The van der Waals surface area contributed by atoms with Crippen LogP contribution in [0.1, 0.15) is 32.6 Å². The van der Waals surface area contributed by atoms with Gasteiger partial charge in [-0.05, 0) is 33.4 Å². The lowest BCUT2D eigenvalue weighted by Gasteiger charge is -2.29. The molecule has 1 amide bonds. The van der Waals surface area contributed by atoms with Crippen molar-refractivity contribution in [1.82, 2.24) is 9.80 Å². The minimum absolute atomic E-state index is 0.145. The molecule has 94 valence electrons. The van der Waals surface area contributed by atoms with Gasteiger partial charge < -0.3 is 15.5 Å². The molecule has 0 saturated carbocycles. The lowest BCUT2D eigenvalue weighted by atomic mass is 10.1. The molecule has 4 nitrogen and oxygen atoms in total. The summed E-state index contributed by atoms with van der Waals surface area (Å²) in [6.07, 6.45) is 4.00. The van der Waals surface area contributed by atoms with E-state index >= 15 is 0 Å². The molecular formula is C12H25N3O. The molecule has 0 spiro atoms. The van der Waals surface area contributed by atoms with Crippen LogP contribution >= 0.6 is 0 Å². The van der Waals surface area contributed by atoms with Crippen LogP contribution in [0.15, 0.2) is 0 Å². The second-order valence-corrected chi connectivity index (χ2v) is 4.99. The minimum atomic E-state index is -0.298. The Morgan fingerprint density at radius 1 is 1.56 bits per heavy atom. The molecule has 1 aliphatic heterocycles. The Morgan fingerprint density at radius 3 is 2.81 bits per heavy atom. The Labute approximate surface area is 98.8 Å². The van der Waals surface area contributed by atoms with Crippen LogP contribution in [0.3, 0.4) is 0 Å². The van der Waals surface area contributed by atoms with Crippen LogP contribution in [0, 0.1) is 0 Å². The Balaban J connectivity index is 2.53. The van der Waals surface area contributed by atoms with Crippen molar-refractivity contribution in [1.29, 1.82) is 0 Å². The summed E-state index contributed by atoms with van der Waals surface area (Å²) < 4.78 is 0. The summed E-state index contributed by atoms with van der Waals surface area (Å²) in [5.41, 5.74) is 5.90. The van der Waals surface area contributed by atoms with Crippen molar-refractivity contribution in [2.75, 3.05) is 27.2 Å². The van der Waals surface area contributed by atoms with Gasteiger partial charge in [-0.1, -0.05) is 13.3 Å². The van der Waals surface area contributed by atoms with Gasteiger partial charge in [0.25, 0.3) is 0 Å². The zero-order valence-electron chi connectivity index (χ0n) is 10.8. The van der Waals surface area contributed by atoms with Crippen molar-refractivity contribution in [3.8, 4) is 0 Å². The zero-order chi connectivity index (χ0) is 12.1. The minimum Gasteiger partial charge on any atom is -0.337 e. The van der Waals surface area contributed by atoms with E-state index in [4.69, 9.17) is 5.73 Å². The van der Waals surface area contributed by atoms with Crippen LogP contribution in [0.5, 0.6) is 0 Å². The van der Waals surface area contributed by atoms with E-state index < -0.39 is 0 Å². The summed E-state index contributed by atoms with van der Waals surface area (Å²) in [5.74, 6) is 0.145. The average molecular weight is 227 g/mol. The monoisotopic (exact) mass is 227 g/mol. The fourth-order valence-corrected chi connectivity index (χ4v) is 2.38. The fraction of sp³-hybridized carbons (Fsp3) is 0.917. The van der Waals surface area contributed by atoms with Gasteiger partial charge in [0, 0.05) is 19.1 Å². The molecule has 16 heavy (non-hydrogen) atoms. The number of amides is 1. The van der Waals surface area contributed by atoms with Gasteiger partial charge in [-0.2, -0.15) is 0 Å². The van der Waals surface area contributed by atoms with Crippen molar-refractivity contribution in [2.45, 2.75) is 44.7 Å². The van der Waals surface area contributed by atoms with Gasteiger partial charge in [0.1, 0.15) is 0 Å². The highest BCUT2D eigenvalue weighted by Crippen LogP contribution is 2.19. The number of hydrogen-bond donors (Lipinski definition) is 1. The van der Waals surface area contributed by atoms with Gasteiger partial charge in [-0.15, -0.1) is 0 Å². The second kappa shape index (κ2) is 6.21. The first kappa shape index (κ1) is 13.5. The van der Waals surface area contributed by atoms with E-state index in [0.29, 0.717) is 6.04 Å². The SMILES string of the molecule is CCCC(N)C(=O)N1CCCC1CN(C)C. The van der Waals surface area contributed by atoms with E-state index in [0.717, 1.165) is 38.8 Å². The molecule has 1 saturated heterocycles. The number of likely N-dealkylation sites (N-methyl/N-ethyl adjacent to an activating group) is 1. The number of carbonyl (C=O) groups is 1. The van der Waals surface area contributed by atoms with Crippen molar-refractivity contribution >= 4 is 5.91 Å². The smallest absolute Gasteiger partial charge is 0.239 e. The van der Waals surface area contributed by atoms with Crippen LogP contribution in [-0.2, 0) is 4.79 Å². The maximum Gasteiger partial charge on any atom is 0.239 e. The highest BCUT2D eigenvalue weighted by atomic mass is 16.2. The first-order valence-electron chi connectivity index (χ1n) is 6.27. The van der Waals surface area contributed by atoms with Gasteiger partial charge in [-0.3, -0.25) is 4.79 Å². The highest BCUT2D eigenvalue weighted by molar-refractivity contribution is 5.82. The summed E-state index contributed by atoms with van der Waals surface area (Å²) in [6, 6.07) is 0.0677. The van der Waals surface area contributed by atoms with Crippen molar-refractivity contribution in [2.24, 2.45) is 5.73 Å². The number of nitrogens with two attached hydrogens (primary N) is 1. The van der Waals surface area contributed by atoms with Gasteiger partial charge in [0.05, 0.1) is 6.04 Å². The molecule has 0 bridgehead atoms. The Hall–Kier alpha value is -0.610. The Morgan fingerprint density at radius 2 is 2.25 bits per heavy atom. The molecule has 1 rings (SSSR count). The summed E-state index contributed by atoms with van der Waals surface area (Å²) in [7, 11) is 4.10. The van der Waals surface area contributed by atoms with Crippen molar-refractivity contribution in [3.63, 3.8) is 0 Å². The predicted octanol–water partition coefficient (Wildman–Crippen LogP) is 0.666. The summed E-state index contributed by atoms with van der Waals surface area (Å²) in [4.78, 5) is 16.2. The number of nitrogens with zero attached hydrogens (tertiary/aromatic N) is 2. The third-order valence-electron chi connectivity index (χ3n) is 3.15. The van der Waals surface area contributed by atoms with E-state index in [1.807, 2.05) is 19.0 Å². The second-order valence-electron chi connectivity index (χ2n) is 4.99. The molecule has 2 N–H and O–H groups in total. The molecule has 1 aliphatic rings. The largest absolute Gasteiger partial charge is 0.337 e. The Bertz CT molecular complexity index is 230. The normalized spacial score (nSPS) is 22.8. The standard InChI is InChI=1S/C12H25N3O/c1-4-6-11(13)12(16)15-8-5-7-10(15)9-14(2)3/h10-11H,4-9,13H2,1-3H3. The predicted molar refractivity (Wildman–Crippen MR) is 66.2 cm³/mol. The molecule has 2 atom stereocenters. The van der Waals surface area contributed by atoms with Gasteiger partial charge >= 0.3 is 0 Å². The average Bonchev–Trinajstić information content (AvgIpc) is 2.64. The van der Waals surface area contributed by atoms with Crippen LogP contribution in [-0.4, -0.2) is 55.0 Å². The van der Waals surface area contributed by atoms with E-state index in [9.17, 15) is 4.79 Å². The molecule has 0 aromatic carbocycles. The number of carbonyl (C=O) groups excluding carboxylic acids is 1. The van der Waals surface area contributed by atoms with Gasteiger partial charge in [-0.25, -0.2) is 0 Å². The molecule has 0 radical (unpaired) electrons. The quantitative estimate of drug-likeness (QED) is 0.751. The van der Waals surface area contributed by atoms with Crippen LogP contribution in [0.4, 0.5) is 0 Å². The van der Waals surface area contributed by atoms with Gasteiger partial charge in [0.15, 0.2) is 0 Å². The third kappa shape index (κ3) is 3.46. The molecular weight excluding hydrogens is 202 g/mol. The van der Waals surface area contributed by atoms with Crippen LogP contribution in [0.25, 0.3) is 0 Å². The summed E-state index contributed by atoms with van der Waals surface area (Å²) in [6.45, 7) is 3.90. The molecule has 1 fully saturated rings. The first-order valence-corrected chi connectivity index (χ1v) is 6.27. The molecule has 0 aliphatic carbocycles. The molecule has 0 aromatic heterocycles. The van der Waals surface area contributed by atoms with E-state index in [1.165, 1.54) is 0 Å². The fourth-order valence-electron chi connectivity index (χ4n) is 2.38. The van der Waals surface area contributed by atoms with E-state index in [2.05, 4.69) is 11.8 Å². The maximum atomic E-state index is 12.1. The first-order chi connectivity index (χ1) is 7.56. The zero-order valence-corrected chi connectivity index (χ0v) is 10.8. The van der Waals surface area contributed by atoms with Gasteiger partial charge in [0.2, 0.25) is 5.91 Å². The number of likely N-dealkylation sites (tertiary alicyclic amines) is 1. The topological polar surface area (TPSA) is 49.6 Å². The third-order valence-corrected chi connectivity index (χ3v) is 3.15. The summed E-state index contributed by atoms with van der Waals surface area (Å²) >= 11 is 0. The Kier molecular flexibility index (Phi) is 5.22. The van der Waals surface area contributed by atoms with Crippen molar-refractivity contribution in [3.05, 3.63) is 0 Å². The molecule has 2 unspecified atom stereocenters. The molecule has 0 aromatic rings. The summed E-state index contributed by atoms with van der Waals surface area (Å²) in [5, 5.41) is 0. The van der Waals surface area contributed by atoms with Crippen molar-refractivity contribution < 1.29 is 4.79 Å². The maximum absolute atomic E-state index is 12.1. The van der Waals surface area contributed by atoms with E-state index in [1.54, 1.807) is 0 Å². The van der Waals surface area contributed by atoms with Crippen LogP contribution < -0.4 is 5.73 Å². The lowest BCUT2D eigenvalue weighted by Crippen LogP contribution is -2.48. The lowest BCUT2D eigenvalue weighted by molar-refractivity contribution is -0.133. The highest BCUT2D eigenvalue weighted by Gasteiger charge is 2.31. The molecule has 1 heterocycles.